The Balaban J connectivity index is 1.95. The molecule has 1 aromatic carbocycles. The van der Waals surface area contributed by atoms with Crippen LogP contribution in [0.3, 0.4) is 0 Å². The van der Waals surface area contributed by atoms with E-state index < -0.39 is 10.0 Å². The van der Waals surface area contributed by atoms with Crippen LogP contribution in [0.2, 0.25) is 0 Å². The zero-order valence-electron chi connectivity index (χ0n) is 14.2. The van der Waals surface area contributed by atoms with Crippen molar-refractivity contribution < 1.29 is 8.42 Å². The van der Waals surface area contributed by atoms with E-state index in [4.69, 9.17) is 0 Å². The third kappa shape index (κ3) is 2.87. The highest BCUT2D eigenvalue weighted by molar-refractivity contribution is 7.89. The van der Waals surface area contributed by atoms with E-state index in [0.717, 1.165) is 50.5 Å². The number of sulfonamides is 1. The number of nitrogens with zero attached hydrogens (tertiary/aromatic N) is 1. The number of rotatable bonds is 5. The lowest BCUT2D eigenvalue weighted by Gasteiger charge is -2.37. The van der Waals surface area contributed by atoms with Crippen molar-refractivity contribution in [1.29, 1.82) is 0 Å². The summed E-state index contributed by atoms with van der Waals surface area (Å²) in [4.78, 5) is 0.436. The predicted molar refractivity (Wildman–Crippen MR) is 93.9 cm³/mol. The monoisotopic (exact) mass is 333 g/mol. The molecule has 3 rings (SSSR count). The van der Waals surface area contributed by atoms with E-state index in [0.29, 0.717) is 11.4 Å². The van der Waals surface area contributed by atoms with Crippen molar-refractivity contribution in [1.82, 2.24) is 4.31 Å². The van der Waals surface area contributed by atoms with Gasteiger partial charge in [-0.05, 0) is 57.6 Å². The van der Waals surface area contributed by atoms with Gasteiger partial charge >= 0.3 is 0 Å². The van der Waals surface area contributed by atoms with Crippen LogP contribution in [0.4, 0.5) is 0 Å². The molecule has 126 valence electrons. The highest BCUT2D eigenvalue weighted by Crippen LogP contribution is 2.48. The fourth-order valence-electron chi connectivity index (χ4n) is 4.15. The number of unbranched alkanes of at least 4 members (excludes halogenated alkanes) is 1. The van der Waals surface area contributed by atoms with Gasteiger partial charge in [-0.2, -0.15) is 4.31 Å². The molecule has 3 nitrogen and oxygen atoms in total. The van der Waals surface area contributed by atoms with Gasteiger partial charge in [0.15, 0.2) is 0 Å². The normalized spacial score (nSPS) is 25.2. The molecule has 1 aromatic rings. The first kappa shape index (κ1) is 16.7. The van der Waals surface area contributed by atoms with E-state index in [1.807, 2.05) is 23.4 Å². The Hall–Kier alpha value is -1.13. The first-order valence-electron chi connectivity index (χ1n) is 8.80. The van der Waals surface area contributed by atoms with Crippen molar-refractivity contribution >= 4 is 10.0 Å². The average molecular weight is 333 g/mol. The lowest BCUT2D eigenvalue weighted by Crippen LogP contribution is -2.47. The first-order valence-corrected chi connectivity index (χ1v) is 10.2. The van der Waals surface area contributed by atoms with Crippen molar-refractivity contribution in [3.63, 3.8) is 0 Å². The van der Waals surface area contributed by atoms with Gasteiger partial charge in [0.05, 0.1) is 10.4 Å². The zero-order chi connectivity index (χ0) is 16.5. The second-order valence-corrected chi connectivity index (χ2v) is 8.76. The molecule has 1 spiro atoms. The summed E-state index contributed by atoms with van der Waals surface area (Å²) in [6.07, 6.45) is 9.55. The summed E-state index contributed by atoms with van der Waals surface area (Å²) in [5.41, 5.74) is 2.22. The van der Waals surface area contributed by atoms with Crippen LogP contribution in [0.25, 0.3) is 0 Å². The molecule has 0 aromatic heterocycles. The number of allylic oxidation sites excluding steroid dienone is 1. The topological polar surface area (TPSA) is 37.4 Å². The number of hydrogen-bond acceptors (Lipinski definition) is 2. The summed E-state index contributed by atoms with van der Waals surface area (Å²) in [5.74, 6) is 0. The second kappa shape index (κ2) is 6.40. The first-order chi connectivity index (χ1) is 11.0. The Labute approximate surface area is 140 Å². The Morgan fingerprint density at radius 2 is 1.91 bits per heavy atom. The van der Waals surface area contributed by atoms with Crippen molar-refractivity contribution in [3.8, 4) is 0 Å². The van der Waals surface area contributed by atoms with Crippen LogP contribution >= 0.6 is 0 Å². The van der Waals surface area contributed by atoms with Gasteiger partial charge in [-0.15, -0.1) is 0 Å². The standard InChI is InChI=1S/C19H27NO2S/c1-3-4-7-17-8-5-13-19(17)14-6-15-20(19)23(21,22)18-11-9-16(2)10-12-18/h8-12H,3-7,13-15H2,1-2H3. The molecule has 1 saturated heterocycles. The fourth-order valence-corrected chi connectivity index (χ4v) is 6.01. The van der Waals surface area contributed by atoms with Crippen LogP contribution in [0, 0.1) is 6.92 Å². The average Bonchev–Trinajstić information content (AvgIpc) is 3.14. The summed E-state index contributed by atoms with van der Waals surface area (Å²) in [7, 11) is -3.41. The second-order valence-electron chi connectivity index (χ2n) is 6.90. The van der Waals surface area contributed by atoms with Crippen molar-refractivity contribution in [2.75, 3.05) is 6.54 Å². The molecular weight excluding hydrogens is 306 g/mol. The van der Waals surface area contributed by atoms with Gasteiger partial charge < -0.3 is 0 Å². The molecule has 4 heteroatoms. The van der Waals surface area contributed by atoms with E-state index in [1.165, 1.54) is 5.57 Å². The lowest BCUT2D eigenvalue weighted by atomic mass is 9.87. The van der Waals surface area contributed by atoms with Gasteiger partial charge in [-0.1, -0.05) is 42.7 Å². The zero-order valence-corrected chi connectivity index (χ0v) is 15.0. The molecule has 1 atom stereocenters. The number of benzene rings is 1. The molecule has 0 N–H and O–H groups in total. The molecule has 0 amide bonds. The Bertz CT molecular complexity index is 691. The molecule has 1 aliphatic heterocycles. The lowest BCUT2D eigenvalue weighted by molar-refractivity contribution is 0.277. The summed E-state index contributed by atoms with van der Waals surface area (Å²) >= 11 is 0. The molecule has 0 radical (unpaired) electrons. The molecule has 23 heavy (non-hydrogen) atoms. The molecule has 1 aliphatic carbocycles. The van der Waals surface area contributed by atoms with E-state index in [2.05, 4.69) is 13.0 Å². The van der Waals surface area contributed by atoms with Gasteiger partial charge in [-0.25, -0.2) is 8.42 Å². The van der Waals surface area contributed by atoms with Crippen LogP contribution in [0.15, 0.2) is 40.8 Å². The third-order valence-corrected chi connectivity index (χ3v) is 7.36. The summed E-state index contributed by atoms with van der Waals surface area (Å²) in [6.45, 7) is 4.83. The van der Waals surface area contributed by atoms with Crippen molar-refractivity contribution in [3.05, 3.63) is 41.5 Å². The Kier molecular flexibility index (Phi) is 4.65. The van der Waals surface area contributed by atoms with Crippen LogP contribution in [0.1, 0.15) is 57.4 Å². The number of aryl methyl sites for hydroxylation is 1. The summed E-state index contributed by atoms with van der Waals surface area (Å²) in [5, 5.41) is 0. The molecule has 1 unspecified atom stereocenters. The van der Waals surface area contributed by atoms with Crippen LogP contribution in [-0.4, -0.2) is 24.8 Å². The predicted octanol–water partition coefficient (Wildman–Crippen LogP) is 4.43. The molecular formula is C19H27NO2S. The van der Waals surface area contributed by atoms with Gasteiger partial charge in [-0.3, -0.25) is 0 Å². The smallest absolute Gasteiger partial charge is 0.207 e. The highest BCUT2D eigenvalue weighted by Gasteiger charge is 2.50. The Morgan fingerprint density at radius 1 is 1.17 bits per heavy atom. The SMILES string of the molecule is CCCCC1=CCCC12CCCN2S(=O)(=O)c1ccc(C)cc1. The minimum absolute atomic E-state index is 0.237. The summed E-state index contributed by atoms with van der Waals surface area (Å²) in [6, 6.07) is 7.28. The molecule has 1 fully saturated rings. The maximum Gasteiger partial charge on any atom is 0.243 e. The van der Waals surface area contributed by atoms with Crippen molar-refractivity contribution in [2.24, 2.45) is 0 Å². The third-order valence-electron chi connectivity index (χ3n) is 5.38. The van der Waals surface area contributed by atoms with Crippen LogP contribution in [0.5, 0.6) is 0 Å². The summed E-state index contributed by atoms with van der Waals surface area (Å²) < 4.78 is 28.3. The largest absolute Gasteiger partial charge is 0.243 e. The van der Waals surface area contributed by atoms with Crippen LogP contribution < -0.4 is 0 Å². The van der Waals surface area contributed by atoms with E-state index in [9.17, 15) is 8.42 Å². The number of hydrogen-bond donors (Lipinski definition) is 0. The van der Waals surface area contributed by atoms with Gasteiger partial charge in [0.2, 0.25) is 10.0 Å². The molecule has 0 bridgehead atoms. The van der Waals surface area contributed by atoms with E-state index in [1.54, 1.807) is 12.1 Å². The fraction of sp³-hybridized carbons (Fsp3) is 0.579. The molecule has 1 heterocycles. The maximum absolute atomic E-state index is 13.2. The van der Waals surface area contributed by atoms with Gasteiger partial charge in [0, 0.05) is 6.54 Å². The molecule has 2 aliphatic rings. The highest BCUT2D eigenvalue weighted by atomic mass is 32.2. The minimum Gasteiger partial charge on any atom is -0.207 e. The molecule has 0 saturated carbocycles. The van der Waals surface area contributed by atoms with Gasteiger partial charge in [0.1, 0.15) is 0 Å². The Morgan fingerprint density at radius 3 is 2.61 bits per heavy atom. The van der Waals surface area contributed by atoms with Gasteiger partial charge in [0.25, 0.3) is 0 Å². The van der Waals surface area contributed by atoms with E-state index in [-0.39, 0.29) is 5.54 Å². The van der Waals surface area contributed by atoms with Crippen LogP contribution in [-0.2, 0) is 10.0 Å². The van der Waals surface area contributed by atoms with Crippen molar-refractivity contribution in [2.45, 2.75) is 69.2 Å². The van der Waals surface area contributed by atoms with E-state index >= 15 is 0 Å². The minimum atomic E-state index is -3.41. The quantitative estimate of drug-likeness (QED) is 0.748. The maximum atomic E-state index is 13.2.